The van der Waals surface area contributed by atoms with Gasteiger partial charge >= 0.3 is 5.97 Å². The monoisotopic (exact) mass is 446 g/mol. The summed E-state index contributed by atoms with van der Waals surface area (Å²) in [5.74, 6) is -0.869. The van der Waals surface area contributed by atoms with Crippen LogP contribution in [0.2, 0.25) is 5.02 Å². The lowest BCUT2D eigenvalue weighted by Gasteiger charge is -2.39. The zero-order valence-corrected chi connectivity index (χ0v) is 19.2. The number of nitrogens with two attached hydrogens (primary N) is 1. The largest absolute Gasteiger partial charge is 0.463 e. The maximum Gasteiger partial charge on any atom is 0.336 e. The molecule has 0 radical (unpaired) electrons. The SMILES string of the molecule is CCOC(=O)C1=C(COCCN)N=C2CC(C(C)C)CC(=O)C2C1c1ccccc1Cl. The number of ether oxygens (including phenoxy) is 2. The Bertz CT molecular complexity index is 893. The first-order valence-electron chi connectivity index (χ1n) is 10.9. The molecule has 3 unspecified atom stereocenters. The van der Waals surface area contributed by atoms with Crippen molar-refractivity contribution in [2.75, 3.05) is 26.4 Å². The summed E-state index contributed by atoms with van der Waals surface area (Å²) in [5, 5.41) is 0.511. The van der Waals surface area contributed by atoms with Gasteiger partial charge in [0.2, 0.25) is 0 Å². The second-order valence-electron chi connectivity index (χ2n) is 8.38. The van der Waals surface area contributed by atoms with E-state index >= 15 is 0 Å². The third-order valence-corrected chi connectivity index (χ3v) is 6.40. The highest BCUT2D eigenvalue weighted by Crippen LogP contribution is 2.46. The van der Waals surface area contributed by atoms with E-state index in [2.05, 4.69) is 13.8 Å². The van der Waals surface area contributed by atoms with Crippen LogP contribution in [-0.2, 0) is 19.1 Å². The Morgan fingerprint density at radius 3 is 2.65 bits per heavy atom. The van der Waals surface area contributed by atoms with E-state index in [0.717, 1.165) is 11.3 Å². The Hall–Kier alpha value is -2.02. The van der Waals surface area contributed by atoms with Crippen LogP contribution < -0.4 is 5.73 Å². The number of nitrogens with zero attached hydrogens (tertiary/aromatic N) is 1. The lowest BCUT2D eigenvalue weighted by Crippen LogP contribution is -2.43. The number of Topliss-reactive ketones (excluding diaryl/α,β-unsaturated/α-hetero) is 1. The van der Waals surface area contributed by atoms with Crippen LogP contribution in [0.1, 0.15) is 45.1 Å². The van der Waals surface area contributed by atoms with Gasteiger partial charge in [-0.2, -0.15) is 0 Å². The normalized spacial score (nSPS) is 23.6. The van der Waals surface area contributed by atoms with Crippen molar-refractivity contribution in [3.8, 4) is 0 Å². The van der Waals surface area contributed by atoms with Crippen LogP contribution >= 0.6 is 11.6 Å². The zero-order valence-electron chi connectivity index (χ0n) is 18.4. The Morgan fingerprint density at radius 2 is 2.00 bits per heavy atom. The fourth-order valence-electron chi connectivity index (χ4n) is 4.46. The predicted molar refractivity (Wildman–Crippen MR) is 121 cm³/mol. The van der Waals surface area contributed by atoms with Crippen molar-refractivity contribution in [2.24, 2.45) is 28.5 Å². The quantitative estimate of drug-likeness (QED) is 0.482. The molecule has 168 valence electrons. The van der Waals surface area contributed by atoms with Crippen LogP contribution in [0.3, 0.4) is 0 Å². The van der Waals surface area contributed by atoms with Gasteiger partial charge in [0.1, 0.15) is 5.78 Å². The highest BCUT2D eigenvalue weighted by Gasteiger charge is 2.47. The lowest BCUT2D eigenvalue weighted by molar-refractivity contribution is -0.139. The van der Waals surface area contributed by atoms with Gasteiger partial charge in [-0.3, -0.25) is 9.79 Å². The first-order valence-corrected chi connectivity index (χ1v) is 11.3. The molecule has 1 fully saturated rings. The molecule has 0 aromatic heterocycles. The summed E-state index contributed by atoms with van der Waals surface area (Å²) in [6, 6.07) is 7.35. The summed E-state index contributed by atoms with van der Waals surface area (Å²) >= 11 is 6.56. The molecule has 1 aliphatic heterocycles. The zero-order chi connectivity index (χ0) is 22.5. The van der Waals surface area contributed by atoms with Gasteiger partial charge in [0, 0.05) is 29.6 Å². The van der Waals surface area contributed by atoms with E-state index in [1.807, 2.05) is 18.2 Å². The molecule has 0 saturated heterocycles. The van der Waals surface area contributed by atoms with E-state index in [4.69, 9.17) is 31.8 Å². The number of ketones is 1. The molecule has 2 N–H and O–H groups in total. The third kappa shape index (κ3) is 5.08. The number of halogens is 1. The number of carbonyl (C=O) groups is 2. The van der Waals surface area contributed by atoms with E-state index in [1.54, 1.807) is 13.0 Å². The van der Waals surface area contributed by atoms with E-state index in [0.29, 0.717) is 48.2 Å². The molecule has 0 amide bonds. The molecule has 1 aliphatic carbocycles. The van der Waals surface area contributed by atoms with E-state index in [1.165, 1.54) is 0 Å². The van der Waals surface area contributed by atoms with Crippen molar-refractivity contribution in [3.63, 3.8) is 0 Å². The molecule has 3 rings (SSSR count). The maximum atomic E-state index is 13.4. The minimum Gasteiger partial charge on any atom is -0.463 e. The van der Waals surface area contributed by atoms with Gasteiger partial charge < -0.3 is 15.2 Å². The van der Waals surface area contributed by atoms with Crippen LogP contribution in [0, 0.1) is 17.8 Å². The molecule has 1 aromatic carbocycles. The highest BCUT2D eigenvalue weighted by atomic mass is 35.5. The van der Waals surface area contributed by atoms with Gasteiger partial charge in [0.15, 0.2) is 0 Å². The van der Waals surface area contributed by atoms with Gasteiger partial charge in [-0.1, -0.05) is 43.6 Å². The Kier molecular flexibility index (Phi) is 8.03. The number of carbonyl (C=O) groups excluding carboxylic acids is 2. The second kappa shape index (κ2) is 10.5. The smallest absolute Gasteiger partial charge is 0.336 e. The van der Waals surface area contributed by atoms with Crippen LogP contribution in [0.4, 0.5) is 0 Å². The first kappa shape index (κ1) is 23.6. The molecule has 1 heterocycles. The molecular weight excluding hydrogens is 416 g/mol. The minimum absolute atomic E-state index is 0.0948. The van der Waals surface area contributed by atoms with E-state index in [9.17, 15) is 9.59 Å². The van der Waals surface area contributed by atoms with Gasteiger partial charge in [0.05, 0.1) is 37.0 Å². The molecule has 1 aromatic rings. The molecular formula is C24H31ClN2O4. The Balaban J connectivity index is 2.17. The average molecular weight is 447 g/mol. The summed E-state index contributed by atoms with van der Waals surface area (Å²) in [5.41, 5.74) is 7.97. The highest BCUT2D eigenvalue weighted by molar-refractivity contribution is 6.31. The van der Waals surface area contributed by atoms with Gasteiger partial charge in [-0.05, 0) is 36.8 Å². The second-order valence-corrected chi connectivity index (χ2v) is 8.79. The number of hydrogen-bond acceptors (Lipinski definition) is 6. The van der Waals surface area contributed by atoms with Crippen molar-refractivity contribution in [2.45, 2.75) is 39.5 Å². The minimum atomic E-state index is -0.544. The number of hydrogen-bond donors (Lipinski definition) is 1. The van der Waals surface area contributed by atoms with Gasteiger partial charge in [0.25, 0.3) is 0 Å². The third-order valence-electron chi connectivity index (χ3n) is 6.05. The van der Waals surface area contributed by atoms with Crippen molar-refractivity contribution in [1.29, 1.82) is 0 Å². The fraction of sp³-hybridized carbons (Fsp3) is 0.542. The number of benzene rings is 1. The predicted octanol–water partition coefficient (Wildman–Crippen LogP) is 3.92. The van der Waals surface area contributed by atoms with Crippen molar-refractivity contribution >= 4 is 29.1 Å². The van der Waals surface area contributed by atoms with Crippen LogP contribution in [0.15, 0.2) is 40.5 Å². The molecule has 1 saturated carbocycles. The maximum absolute atomic E-state index is 13.4. The lowest BCUT2D eigenvalue weighted by atomic mass is 9.65. The Labute approximate surface area is 188 Å². The Morgan fingerprint density at radius 1 is 1.26 bits per heavy atom. The number of esters is 1. The summed E-state index contributed by atoms with van der Waals surface area (Å²) in [6.07, 6.45) is 1.18. The van der Waals surface area contributed by atoms with Crippen LogP contribution in [0.5, 0.6) is 0 Å². The topological polar surface area (TPSA) is 91.0 Å². The van der Waals surface area contributed by atoms with Crippen LogP contribution in [0.25, 0.3) is 0 Å². The number of aliphatic imine (C=N–C) groups is 1. The van der Waals surface area contributed by atoms with E-state index in [-0.39, 0.29) is 24.9 Å². The van der Waals surface area contributed by atoms with E-state index < -0.39 is 17.8 Å². The summed E-state index contributed by atoms with van der Waals surface area (Å²) in [7, 11) is 0. The molecule has 0 bridgehead atoms. The standard InChI is InChI=1S/C24H31ClN2O4/c1-4-31-24(29)23-19(13-30-10-9-26)27-18-11-15(14(2)3)12-20(28)22(18)21(23)16-7-5-6-8-17(16)25/h5-8,14-15,21-22H,4,9-13,26H2,1-3H3. The average Bonchev–Trinajstić information content (AvgIpc) is 2.73. The molecule has 7 heteroatoms. The van der Waals surface area contributed by atoms with Gasteiger partial charge in [-0.25, -0.2) is 4.79 Å². The first-order chi connectivity index (χ1) is 14.9. The molecule has 31 heavy (non-hydrogen) atoms. The summed E-state index contributed by atoms with van der Waals surface area (Å²) in [6.45, 7) is 7.06. The van der Waals surface area contributed by atoms with Crippen molar-refractivity contribution < 1.29 is 19.1 Å². The number of fused-ring (bicyclic) bond motifs is 1. The molecule has 6 nitrogen and oxygen atoms in total. The van der Waals surface area contributed by atoms with Gasteiger partial charge in [-0.15, -0.1) is 0 Å². The van der Waals surface area contributed by atoms with Crippen molar-refractivity contribution in [1.82, 2.24) is 0 Å². The number of rotatable bonds is 8. The fourth-order valence-corrected chi connectivity index (χ4v) is 4.72. The molecule has 3 atom stereocenters. The van der Waals surface area contributed by atoms with Crippen LogP contribution in [-0.4, -0.2) is 43.8 Å². The summed E-state index contributed by atoms with van der Waals surface area (Å²) < 4.78 is 11.0. The van der Waals surface area contributed by atoms with Crippen molar-refractivity contribution in [3.05, 3.63) is 46.1 Å². The molecule has 2 aliphatic rings. The summed E-state index contributed by atoms with van der Waals surface area (Å²) in [4.78, 5) is 31.3. The molecule has 0 spiro atoms.